The Balaban J connectivity index is 1.36. The summed E-state index contributed by atoms with van der Waals surface area (Å²) in [6.45, 7) is 0.0474. The molecule has 0 spiro atoms. The van der Waals surface area contributed by atoms with Gasteiger partial charge in [-0.15, -0.1) is 0 Å². The Labute approximate surface area is 208 Å². The van der Waals surface area contributed by atoms with E-state index in [-0.39, 0.29) is 29.5 Å². The summed E-state index contributed by atoms with van der Waals surface area (Å²) < 4.78 is 50.4. The predicted molar refractivity (Wildman–Crippen MR) is 123 cm³/mol. The van der Waals surface area contributed by atoms with Gasteiger partial charge in [-0.05, 0) is 49.2 Å². The molecule has 3 aromatic rings. The number of hydrogen-bond donors (Lipinski definition) is 2. The fraction of sp³-hybridized carbons (Fsp3) is 0.250. The van der Waals surface area contributed by atoms with Crippen LogP contribution in [0.2, 0.25) is 5.02 Å². The molecule has 1 fully saturated rings. The number of alkyl halides is 3. The highest BCUT2D eigenvalue weighted by Crippen LogP contribution is 2.40. The lowest BCUT2D eigenvalue weighted by Crippen LogP contribution is -2.48. The van der Waals surface area contributed by atoms with E-state index >= 15 is 0 Å². The molecular weight excluding hydrogens is 501 g/mol. The Kier molecular flexibility index (Phi) is 7.02. The van der Waals surface area contributed by atoms with Gasteiger partial charge in [-0.1, -0.05) is 11.6 Å². The minimum absolute atomic E-state index is 0.0474. The van der Waals surface area contributed by atoms with Crippen molar-refractivity contribution in [1.82, 2.24) is 20.6 Å². The molecule has 0 atom stereocenters. The van der Waals surface area contributed by atoms with Gasteiger partial charge in [-0.25, -0.2) is 0 Å². The second-order valence-corrected chi connectivity index (χ2v) is 8.49. The summed E-state index contributed by atoms with van der Waals surface area (Å²) in [5.74, 6) is -1.10. The highest BCUT2D eigenvalue weighted by atomic mass is 35.5. The smallest absolute Gasteiger partial charge is 0.420 e. The molecule has 0 radical (unpaired) electrons. The summed E-state index contributed by atoms with van der Waals surface area (Å²) in [5.41, 5.74) is -1.32. The van der Waals surface area contributed by atoms with Gasteiger partial charge in [-0.2, -0.15) is 13.2 Å². The van der Waals surface area contributed by atoms with Gasteiger partial charge in [-0.3, -0.25) is 19.6 Å². The van der Waals surface area contributed by atoms with Gasteiger partial charge in [0.25, 0.3) is 5.91 Å². The number of hydrogen-bond acceptors (Lipinski definition) is 6. The van der Waals surface area contributed by atoms with E-state index in [1.54, 1.807) is 0 Å². The highest BCUT2D eigenvalue weighted by molar-refractivity contribution is 6.30. The van der Waals surface area contributed by atoms with E-state index in [0.717, 1.165) is 6.07 Å². The van der Waals surface area contributed by atoms with Crippen molar-refractivity contribution in [1.29, 1.82) is 0 Å². The Bertz CT molecular complexity index is 1280. The zero-order valence-corrected chi connectivity index (χ0v) is 19.6. The summed E-state index contributed by atoms with van der Waals surface area (Å²) in [5, 5.41) is 5.74. The minimum atomic E-state index is -4.64. The van der Waals surface area contributed by atoms with Crippen LogP contribution in [0.25, 0.3) is 0 Å². The van der Waals surface area contributed by atoms with E-state index < -0.39 is 28.9 Å². The molecule has 2 aromatic heterocycles. The second-order valence-electron chi connectivity index (χ2n) is 8.06. The van der Waals surface area contributed by atoms with Crippen LogP contribution >= 0.6 is 11.6 Å². The number of nitrogens with zero attached hydrogens (tertiary/aromatic N) is 2. The molecule has 1 aliphatic carbocycles. The summed E-state index contributed by atoms with van der Waals surface area (Å²) in [6, 6.07) is 7.79. The van der Waals surface area contributed by atoms with Crippen LogP contribution in [-0.2, 0) is 17.5 Å². The van der Waals surface area contributed by atoms with E-state index in [1.165, 1.54) is 56.0 Å². The molecule has 1 saturated carbocycles. The first-order chi connectivity index (χ1) is 17.1. The van der Waals surface area contributed by atoms with Crippen LogP contribution in [0, 0.1) is 0 Å². The van der Waals surface area contributed by atoms with Crippen LogP contribution in [0.5, 0.6) is 17.2 Å². The third-order valence-electron chi connectivity index (χ3n) is 5.45. The largest absolute Gasteiger partial charge is 0.497 e. The van der Waals surface area contributed by atoms with Gasteiger partial charge >= 0.3 is 6.18 Å². The molecule has 4 rings (SSSR count). The van der Waals surface area contributed by atoms with E-state index in [4.69, 9.17) is 21.1 Å². The molecule has 36 heavy (non-hydrogen) atoms. The molecule has 1 aliphatic rings. The number of nitrogens with one attached hydrogen (secondary N) is 2. The fourth-order valence-electron chi connectivity index (χ4n) is 3.35. The molecule has 2 amide bonds. The molecule has 0 saturated heterocycles. The molecule has 0 unspecified atom stereocenters. The van der Waals surface area contributed by atoms with Crippen molar-refractivity contribution in [3.8, 4) is 17.2 Å². The Morgan fingerprint density at radius 2 is 1.83 bits per heavy atom. The zero-order chi connectivity index (χ0) is 25.9. The maximum absolute atomic E-state index is 13.4. The molecule has 188 valence electrons. The number of aromatic nitrogens is 2. The van der Waals surface area contributed by atoms with Gasteiger partial charge in [0.2, 0.25) is 5.91 Å². The third kappa shape index (κ3) is 5.85. The lowest BCUT2D eigenvalue weighted by molar-refractivity contribution is -0.138. The van der Waals surface area contributed by atoms with Crippen LogP contribution < -0.4 is 20.1 Å². The number of carbonyl (C=O) groups excluding carboxylic acids is 2. The normalized spacial score (nSPS) is 14.0. The monoisotopic (exact) mass is 520 g/mol. The molecule has 0 aliphatic heterocycles. The van der Waals surface area contributed by atoms with Crippen LogP contribution in [0.4, 0.5) is 13.2 Å². The molecule has 8 nitrogen and oxygen atoms in total. The average molecular weight is 521 g/mol. The highest BCUT2D eigenvalue weighted by Gasteiger charge is 2.51. The van der Waals surface area contributed by atoms with Crippen LogP contribution in [0.15, 0.2) is 55.0 Å². The molecular formula is C24H20ClF3N4O4. The Morgan fingerprint density at radius 3 is 2.44 bits per heavy atom. The number of benzene rings is 1. The predicted octanol–water partition coefficient (Wildman–Crippen LogP) is 4.53. The first kappa shape index (κ1) is 25.2. The van der Waals surface area contributed by atoms with Crippen molar-refractivity contribution in [3.05, 3.63) is 76.8 Å². The van der Waals surface area contributed by atoms with E-state index in [2.05, 4.69) is 20.6 Å². The number of pyridine rings is 2. The van der Waals surface area contributed by atoms with Crippen LogP contribution in [-0.4, -0.2) is 34.4 Å². The Hall–Kier alpha value is -3.86. The summed E-state index contributed by atoms with van der Waals surface area (Å²) >= 11 is 5.86. The van der Waals surface area contributed by atoms with E-state index in [0.29, 0.717) is 23.6 Å². The number of ether oxygens (including phenoxy) is 2. The average Bonchev–Trinajstić information content (AvgIpc) is 3.63. The summed E-state index contributed by atoms with van der Waals surface area (Å²) in [7, 11) is 1.27. The van der Waals surface area contributed by atoms with Gasteiger partial charge in [0.15, 0.2) is 0 Å². The topological polar surface area (TPSA) is 102 Å². The summed E-state index contributed by atoms with van der Waals surface area (Å²) in [4.78, 5) is 33.1. The van der Waals surface area contributed by atoms with Crippen molar-refractivity contribution in [3.63, 3.8) is 0 Å². The number of halogens is 4. The minimum Gasteiger partial charge on any atom is -0.497 e. The quantitative estimate of drug-likeness (QED) is 0.452. The fourth-order valence-corrected chi connectivity index (χ4v) is 3.52. The molecule has 0 bridgehead atoms. The first-order valence-electron chi connectivity index (χ1n) is 10.7. The SMILES string of the molecule is COc1ccc(Oc2ccc(CNC(=O)C3(NC(=O)c4cncc(Cl)c4)CC3)nc2)c(C(F)(F)F)c1. The van der Waals surface area contributed by atoms with Gasteiger partial charge in [0.05, 0.1) is 36.1 Å². The van der Waals surface area contributed by atoms with Crippen molar-refractivity contribution < 1.29 is 32.2 Å². The zero-order valence-electron chi connectivity index (χ0n) is 18.9. The number of amides is 2. The molecule has 2 N–H and O–H groups in total. The second kappa shape index (κ2) is 10.0. The van der Waals surface area contributed by atoms with Gasteiger partial charge < -0.3 is 20.1 Å². The van der Waals surface area contributed by atoms with Crippen molar-refractivity contribution in [2.45, 2.75) is 31.1 Å². The van der Waals surface area contributed by atoms with Gasteiger partial charge in [0.1, 0.15) is 28.4 Å². The van der Waals surface area contributed by atoms with E-state index in [9.17, 15) is 22.8 Å². The maximum Gasteiger partial charge on any atom is 0.420 e. The Morgan fingerprint density at radius 1 is 1.08 bits per heavy atom. The molecule has 2 heterocycles. The van der Waals surface area contributed by atoms with Crippen LogP contribution in [0.3, 0.4) is 0 Å². The molecule has 1 aromatic carbocycles. The third-order valence-corrected chi connectivity index (χ3v) is 5.66. The lowest BCUT2D eigenvalue weighted by Gasteiger charge is -2.17. The van der Waals surface area contributed by atoms with Gasteiger partial charge in [0, 0.05) is 12.4 Å². The number of methoxy groups -OCH3 is 1. The first-order valence-corrected chi connectivity index (χ1v) is 11.1. The van der Waals surface area contributed by atoms with Crippen molar-refractivity contribution in [2.24, 2.45) is 0 Å². The standard InChI is InChI=1S/C24H20ClF3N4O4/c1-35-17-4-5-20(19(9-17)24(26,27)28)36-18-3-2-16(30-13-18)12-31-22(34)23(6-7-23)32-21(33)14-8-15(25)11-29-10-14/h2-5,8-11,13H,6-7,12H2,1H3,(H,31,34)(H,32,33). The molecule has 12 heteroatoms. The number of carbonyl (C=O) groups is 2. The van der Waals surface area contributed by atoms with Crippen molar-refractivity contribution >= 4 is 23.4 Å². The maximum atomic E-state index is 13.4. The van der Waals surface area contributed by atoms with Crippen molar-refractivity contribution in [2.75, 3.05) is 7.11 Å². The lowest BCUT2D eigenvalue weighted by atomic mass is 10.2. The van der Waals surface area contributed by atoms with Crippen LogP contribution in [0.1, 0.15) is 34.5 Å². The number of rotatable bonds is 8. The summed E-state index contributed by atoms with van der Waals surface area (Å²) in [6.07, 6.45) is 0.315. The van der Waals surface area contributed by atoms with E-state index in [1.807, 2.05) is 0 Å².